The number of ether oxygens (including phenoxy) is 3. The molecule has 0 spiro atoms. The molecule has 0 saturated carbocycles. The predicted molar refractivity (Wildman–Crippen MR) is 142 cm³/mol. The molecular weight excluding hydrogens is 511 g/mol. The van der Waals surface area contributed by atoms with Gasteiger partial charge in [0.1, 0.15) is 17.3 Å². The van der Waals surface area contributed by atoms with Gasteiger partial charge in [-0.2, -0.15) is 0 Å². The Balaban J connectivity index is 1.71. The number of aliphatic hydroxyl groups excluding tert-OH is 1. The molecule has 194 valence electrons. The monoisotopic (exact) mass is 534 g/mol. The van der Waals surface area contributed by atoms with E-state index in [0.29, 0.717) is 34.9 Å². The van der Waals surface area contributed by atoms with Crippen molar-refractivity contribution in [2.45, 2.75) is 13.0 Å². The van der Waals surface area contributed by atoms with Crippen LogP contribution in [-0.4, -0.2) is 42.6 Å². The van der Waals surface area contributed by atoms with E-state index in [4.69, 9.17) is 14.2 Å². The van der Waals surface area contributed by atoms with Crippen LogP contribution < -0.4 is 19.1 Å². The first-order chi connectivity index (χ1) is 18.4. The number of halogens is 1. The van der Waals surface area contributed by atoms with Crippen molar-refractivity contribution < 1.29 is 33.3 Å². The van der Waals surface area contributed by atoms with Crippen LogP contribution in [-0.2, 0) is 9.59 Å². The number of amides is 1. The lowest BCUT2D eigenvalue weighted by molar-refractivity contribution is -0.132. The van der Waals surface area contributed by atoms with Crippen LogP contribution in [0.3, 0.4) is 0 Å². The summed E-state index contributed by atoms with van der Waals surface area (Å²) in [7, 11) is 2.97. The fourth-order valence-corrected chi connectivity index (χ4v) is 5.40. The van der Waals surface area contributed by atoms with Crippen LogP contribution in [0.5, 0.6) is 17.2 Å². The predicted octanol–water partition coefficient (Wildman–Crippen LogP) is 5.48. The van der Waals surface area contributed by atoms with Crippen molar-refractivity contribution in [3.8, 4) is 17.2 Å². The largest absolute Gasteiger partial charge is 0.507 e. The van der Waals surface area contributed by atoms with E-state index >= 15 is 0 Å². The summed E-state index contributed by atoms with van der Waals surface area (Å²) in [5, 5.41) is 11.5. The van der Waals surface area contributed by atoms with Gasteiger partial charge in [-0.1, -0.05) is 17.4 Å². The molecular formula is C28H23FN2O6S. The molecule has 4 aromatic rings. The maximum absolute atomic E-state index is 13.6. The molecule has 5 rings (SSSR count). The number of aromatic nitrogens is 1. The van der Waals surface area contributed by atoms with Crippen molar-refractivity contribution in [1.82, 2.24) is 4.98 Å². The van der Waals surface area contributed by atoms with E-state index in [0.717, 1.165) is 4.70 Å². The van der Waals surface area contributed by atoms with Crippen LogP contribution in [0.1, 0.15) is 24.1 Å². The number of hydrogen-bond acceptors (Lipinski definition) is 8. The second kappa shape index (κ2) is 10.1. The average Bonchev–Trinajstić information content (AvgIpc) is 3.46. The Hall–Kier alpha value is -4.44. The molecule has 2 heterocycles. The zero-order valence-electron chi connectivity index (χ0n) is 20.7. The summed E-state index contributed by atoms with van der Waals surface area (Å²) in [6, 6.07) is 14.3. The average molecular weight is 535 g/mol. The van der Waals surface area contributed by atoms with Gasteiger partial charge in [-0.05, 0) is 67.1 Å². The van der Waals surface area contributed by atoms with Crippen molar-refractivity contribution in [3.05, 3.63) is 83.2 Å². The molecule has 1 amide bonds. The normalized spacial score (nSPS) is 16.7. The van der Waals surface area contributed by atoms with E-state index in [9.17, 15) is 19.1 Å². The molecule has 0 unspecified atom stereocenters. The summed E-state index contributed by atoms with van der Waals surface area (Å²) < 4.78 is 30.7. The van der Waals surface area contributed by atoms with Gasteiger partial charge in [0.25, 0.3) is 5.78 Å². The summed E-state index contributed by atoms with van der Waals surface area (Å²) in [5.41, 5.74) is 1.16. The quantitative estimate of drug-likeness (QED) is 0.191. The number of methoxy groups -OCH3 is 2. The third-order valence-electron chi connectivity index (χ3n) is 6.15. The maximum atomic E-state index is 13.6. The van der Waals surface area contributed by atoms with Crippen LogP contribution in [0.4, 0.5) is 9.52 Å². The number of hydrogen-bond donors (Lipinski definition) is 1. The van der Waals surface area contributed by atoms with E-state index < -0.39 is 29.3 Å². The Morgan fingerprint density at radius 2 is 1.76 bits per heavy atom. The summed E-state index contributed by atoms with van der Waals surface area (Å²) >= 11 is 1.22. The summed E-state index contributed by atoms with van der Waals surface area (Å²) in [6.45, 7) is 2.38. The number of nitrogens with zero attached hydrogens (tertiary/aromatic N) is 2. The lowest BCUT2D eigenvalue weighted by Gasteiger charge is -2.23. The van der Waals surface area contributed by atoms with Crippen molar-refractivity contribution in [2.75, 3.05) is 25.7 Å². The molecule has 1 atom stereocenters. The number of ketones is 1. The van der Waals surface area contributed by atoms with Crippen molar-refractivity contribution in [2.24, 2.45) is 0 Å². The fourth-order valence-electron chi connectivity index (χ4n) is 4.38. The summed E-state index contributed by atoms with van der Waals surface area (Å²) in [4.78, 5) is 32.8. The van der Waals surface area contributed by atoms with E-state index in [1.165, 1.54) is 54.7 Å². The Morgan fingerprint density at radius 3 is 2.45 bits per heavy atom. The maximum Gasteiger partial charge on any atom is 0.301 e. The second-order valence-electron chi connectivity index (χ2n) is 8.35. The first-order valence-electron chi connectivity index (χ1n) is 11.7. The van der Waals surface area contributed by atoms with E-state index in [1.54, 1.807) is 30.3 Å². The minimum atomic E-state index is -1.04. The highest BCUT2D eigenvalue weighted by atomic mass is 32.1. The molecule has 0 bridgehead atoms. The molecule has 1 aliphatic heterocycles. The van der Waals surface area contributed by atoms with Crippen LogP contribution >= 0.6 is 11.3 Å². The van der Waals surface area contributed by atoms with Gasteiger partial charge in [-0.25, -0.2) is 9.37 Å². The van der Waals surface area contributed by atoms with Gasteiger partial charge >= 0.3 is 5.91 Å². The third-order valence-corrected chi connectivity index (χ3v) is 7.17. The number of thiazole rings is 1. The number of anilines is 1. The molecule has 1 aromatic heterocycles. The van der Waals surface area contributed by atoms with Crippen LogP contribution in [0.15, 0.2) is 66.2 Å². The minimum absolute atomic E-state index is 0.150. The van der Waals surface area contributed by atoms with Gasteiger partial charge in [0.2, 0.25) is 0 Å². The topological polar surface area (TPSA) is 98.2 Å². The molecule has 8 nitrogen and oxygen atoms in total. The van der Waals surface area contributed by atoms with Crippen molar-refractivity contribution >= 4 is 44.1 Å². The smallest absolute Gasteiger partial charge is 0.301 e. The molecule has 1 N–H and O–H groups in total. The molecule has 1 fully saturated rings. The van der Waals surface area contributed by atoms with Gasteiger partial charge in [0, 0.05) is 5.56 Å². The first-order valence-corrected chi connectivity index (χ1v) is 12.5. The number of rotatable bonds is 7. The van der Waals surface area contributed by atoms with Gasteiger partial charge in [0.15, 0.2) is 16.6 Å². The Kier molecular flexibility index (Phi) is 6.73. The Morgan fingerprint density at radius 1 is 1.03 bits per heavy atom. The van der Waals surface area contributed by atoms with Crippen LogP contribution in [0.2, 0.25) is 0 Å². The zero-order chi connectivity index (χ0) is 27.0. The standard InChI is InChI=1S/C28H23FN2O6S/c1-4-37-18-10-11-19-22(14-18)38-28(30-19)31-24(16-7-12-20(35-2)21(13-16)36-3)23(26(33)27(31)34)25(32)15-5-8-17(29)9-6-15/h5-14,24,32H,4H2,1-3H3/t24-/m0/s1. The number of carbonyl (C=O) groups is 2. The fraction of sp³-hybridized carbons (Fsp3) is 0.179. The third kappa shape index (κ3) is 4.32. The molecule has 0 aliphatic carbocycles. The Labute approximate surface area is 221 Å². The molecule has 38 heavy (non-hydrogen) atoms. The summed E-state index contributed by atoms with van der Waals surface area (Å²) in [6.07, 6.45) is 0. The lowest BCUT2D eigenvalue weighted by Crippen LogP contribution is -2.29. The first kappa shape index (κ1) is 25.2. The second-order valence-corrected chi connectivity index (χ2v) is 9.36. The lowest BCUT2D eigenvalue weighted by atomic mass is 9.95. The molecule has 1 aliphatic rings. The van der Waals surface area contributed by atoms with Gasteiger partial charge in [0.05, 0.1) is 42.7 Å². The van der Waals surface area contributed by atoms with E-state index in [-0.39, 0.29) is 16.3 Å². The van der Waals surface area contributed by atoms with Crippen LogP contribution in [0, 0.1) is 5.82 Å². The highest BCUT2D eigenvalue weighted by molar-refractivity contribution is 7.22. The van der Waals surface area contributed by atoms with Crippen molar-refractivity contribution in [1.29, 1.82) is 0 Å². The van der Waals surface area contributed by atoms with Gasteiger partial charge in [-0.3, -0.25) is 14.5 Å². The Bertz CT molecular complexity index is 1580. The molecule has 1 saturated heterocycles. The van der Waals surface area contributed by atoms with Gasteiger partial charge in [-0.15, -0.1) is 0 Å². The highest BCUT2D eigenvalue weighted by Gasteiger charge is 2.48. The van der Waals surface area contributed by atoms with Crippen molar-refractivity contribution in [3.63, 3.8) is 0 Å². The van der Waals surface area contributed by atoms with E-state index in [1.807, 2.05) is 13.0 Å². The molecule has 0 radical (unpaired) electrons. The number of aliphatic hydroxyl groups is 1. The zero-order valence-corrected chi connectivity index (χ0v) is 21.5. The van der Waals surface area contributed by atoms with E-state index in [2.05, 4.69) is 4.98 Å². The number of benzene rings is 3. The summed E-state index contributed by atoms with van der Waals surface area (Å²) in [5.74, 6) is -1.17. The molecule has 10 heteroatoms. The molecule has 3 aromatic carbocycles. The highest BCUT2D eigenvalue weighted by Crippen LogP contribution is 2.46. The van der Waals surface area contributed by atoms with Crippen LogP contribution in [0.25, 0.3) is 16.0 Å². The minimum Gasteiger partial charge on any atom is -0.507 e. The number of fused-ring (bicyclic) bond motifs is 1. The van der Waals surface area contributed by atoms with Gasteiger partial charge < -0.3 is 19.3 Å². The number of Topliss-reactive ketones (excluding diaryl/α,β-unsaturated/α-hetero) is 1. The number of carbonyl (C=O) groups excluding carboxylic acids is 2. The SMILES string of the molecule is CCOc1ccc2nc(N3C(=O)C(=O)C(=C(O)c4ccc(F)cc4)[C@@H]3c3ccc(OC)c(OC)c3)sc2c1.